The molecule has 1 amide bonds. The van der Waals surface area contributed by atoms with Gasteiger partial charge in [0.05, 0.1) is 6.42 Å². The number of nitriles is 1. The number of rotatable bonds is 4. The topological polar surface area (TPSA) is 96.1 Å². The molecule has 0 atom stereocenters. The van der Waals surface area contributed by atoms with Gasteiger partial charge in [0.1, 0.15) is 18.3 Å². The van der Waals surface area contributed by atoms with Crippen LogP contribution in [0, 0.1) is 11.3 Å². The molecule has 0 bridgehead atoms. The van der Waals surface area contributed by atoms with Gasteiger partial charge in [-0.25, -0.2) is 0 Å². The minimum Gasteiger partial charge on any atom is -0.390 e. The van der Waals surface area contributed by atoms with Gasteiger partial charge >= 0.3 is 0 Å². The maximum absolute atomic E-state index is 11.6. The molecule has 0 spiro atoms. The lowest BCUT2D eigenvalue weighted by Gasteiger charge is -2.12. The molecule has 0 saturated heterocycles. The number of hydrogen-bond donors (Lipinski definition) is 1. The van der Waals surface area contributed by atoms with E-state index in [1.165, 1.54) is 6.08 Å². The van der Waals surface area contributed by atoms with Gasteiger partial charge in [0.15, 0.2) is 5.84 Å². The predicted molar refractivity (Wildman–Crippen MR) is 64.6 cm³/mol. The highest BCUT2D eigenvalue weighted by atomic mass is 16.7. The third kappa shape index (κ3) is 3.90. The second kappa shape index (κ2) is 5.82. The van der Waals surface area contributed by atoms with Crippen LogP contribution in [0.5, 0.6) is 0 Å². The van der Waals surface area contributed by atoms with E-state index in [2.05, 4.69) is 27.0 Å². The van der Waals surface area contributed by atoms with Crippen LogP contribution in [0.3, 0.4) is 0 Å². The van der Waals surface area contributed by atoms with Crippen molar-refractivity contribution < 1.29 is 14.5 Å². The number of amidine groups is 1. The Morgan fingerprint density at radius 3 is 3.06 bits per heavy atom. The predicted octanol–water partition coefficient (Wildman–Crippen LogP) is 0.697. The minimum atomic E-state index is -0.679. The second-order valence-electron chi connectivity index (χ2n) is 4.16. The molecule has 0 aliphatic carbocycles. The second-order valence-corrected chi connectivity index (χ2v) is 4.16. The molecule has 7 nitrogen and oxygen atoms in total. The molecule has 0 saturated carbocycles. The van der Waals surface area contributed by atoms with E-state index in [0.29, 0.717) is 12.3 Å². The fourth-order valence-electron chi connectivity index (χ4n) is 1.17. The van der Waals surface area contributed by atoms with Gasteiger partial charge in [0.25, 0.3) is 5.91 Å². The maximum atomic E-state index is 11.6. The number of hydrogen-bond acceptors (Lipinski definition) is 6. The van der Waals surface area contributed by atoms with Crippen LogP contribution in [0.4, 0.5) is 0 Å². The summed E-state index contributed by atoms with van der Waals surface area (Å²) in [5.41, 5.74) is -0.837. The van der Waals surface area contributed by atoms with Gasteiger partial charge in [-0.2, -0.15) is 5.26 Å². The van der Waals surface area contributed by atoms with Crippen LogP contribution in [0.2, 0.25) is 0 Å². The average Bonchev–Trinajstić information content (AvgIpc) is 2.64. The third-order valence-corrected chi connectivity index (χ3v) is 1.92. The maximum Gasteiger partial charge on any atom is 0.289 e. The summed E-state index contributed by atoms with van der Waals surface area (Å²) in [6, 6.07) is 1.64. The third-order valence-electron chi connectivity index (χ3n) is 1.92. The number of nitrogens with one attached hydrogen (secondary N) is 1. The Bertz CT molecular complexity index is 446. The van der Waals surface area contributed by atoms with Crippen molar-refractivity contribution in [2.24, 2.45) is 10.3 Å². The summed E-state index contributed by atoms with van der Waals surface area (Å²) >= 11 is 0. The van der Waals surface area contributed by atoms with Crippen molar-refractivity contribution >= 4 is 17.5 Å². The summed E-state index contributed by atoms with van der Waals surface area (Å²) < 4.78 is 0. The normalized spacial score (nSPS) is 17.2. The molecule has 0 aromatic rings. The number of carbonyl (C=O) groups is 1. The van der Waals surface area contributed by atoms with E-state index in [4.69, 9.17) is 10.1 Å². The quantitative estimate of drug-likeness (QED) is 0.344. The van der Waals surface area contributed by atoms with Gasteiger partial charge in [-0.15, -0.1) is 0 Å². The Hall–Kier alpha value is -2.36. The lowest BCUT2D eigenvalue weighted by Crippen LogP contribution is -2.36. The minimum absolute atomic E-state index is 0.121. The summed E-state index contributed by atoms with van der Waals surface area (Å²) in [7, 11) is 0. The lowest BCUT2D eigenvalue weighted by atomic mass is 10.1. The van der Waals surface area contributed by atoms with Gasteiger partial charge in [0.2, 0.25) is 5.71 Å². The zero-order valence-corrected chi connectivity index (χ0v) is 10.3. The van der Waals surface area contributed by atoms with Gasteiger partial charge in [-0.1, -0.05) is 23.0 Å². The molecule has 0 fully saturated rings. The monoisotopic (exact) mass is 250 g/mol. The van der Waals surface area contributed by atoms with Crippen LogP contribution in [0.25, 0.3) is 0 Å². The van der Waals surface area contributed by atoms with Crippen molar-refractivity contribution in [3.8, 4) is 6.07 Å². The first-order valence-corrected chi connectivity index (χ1v) is 5.26. The summed E-state index contributed by atoms with van der Waals surface area (Å²) in [4.78, 5) is 21.4. The Balaban J connectivity index is 2.57. The fraction of sp³-hybridized carbons (Fsp3) is 0.455. The summed E-state index contributed by atoms with van der Waals surface area (Å²) in [6.45, 7) is 7.21. The van der Waals surface area contributed by atoms with Crippen LogP contribution in [-0.4, -0.2) is 29.7 Å². The van der Waals surface area contributed by atoms with E-state index in [-0.39, 0.29) is 12.3 Å². The first-order valence-electron chi connectivity index (χ1n) is 5.26. The van der Waals surface area contributed by atoms with E-state index in [1.807, 2.05) is 13.8 Å². The number of nitrogens with zero attached hydrogens (tertiary/aromatic N) is 3. The molecular weight excluding hydrogens is 236 g/mol. The molecule has 0 radical (unpaired) electrons. The highest BCUT2D eigenvalue weighted by Crippen LogP contribution is 2.20. The number of oxime groups is 2. The Labute approximate surface area is 105 Å². The largest absolute Gasteiger partial charge is 0.390 e. The molecular formula is C11H14N4O3. The van der Waals surface area contributed by atoms with Crippen molar-refractivity contribution in [3.05, 3.63) is 12.7 Å². The van der Waals surface area contributed by atoms with Crippen molar-refractivity contribution in [1.29, 1.82) is 5.26 Å². The molecule has 1 aliphatic rings. The Kier molecular flexibility index (Phi) is 4.43. The molecule has 0 unspecified atom stereocenters. The van der Waals surface area contributed by atoms with Crippen LogP contribution < -0.4 is 5.32 Å². The van der Waals surface area contributed by atoms with E-state index in [0.717, 1.165) is 0 Å². The standard InChI is InChI=1S/C11H14N4O3/c1-4-5-17-14-8(7-12)10(16)13-9-6-11(2,3)18-15-9/h4H,1,5-6H2,2-3H3,(H,13,15,16)/b14-8+. The molecule has 0 aromatic carbocycles. The van der Waals surface area contributed by atoms with Crippen LogP contribution in [-0.2, 0) is 14.5 Å². The van der Waals surface area contributed by atoms with Gasteiger partial charge < -0.3 is 15.0 Å². The summed E-state index contributed by atoms with van der Waals surface area (Å²) in [6.07, 6.45) is 1.90. The molecule has 1 heterocycles. The molecule has 1 rings (SSSR count). The van der Waals surface area contributed by atoms with E-state index in [1.54, 1.807) is 6.07 Å². The highest BCUT2D eigenvalue weighted by Gasteiger charge is 2.30. The van der Waals surface area contributed by atoms with Gasteiger partial charge in [-0.3, -0.25) is 4.79 Å². The average molecular weight is 250 g/mol. The SMILES string of the molecule is C=CCO/N=C(\C#N)C(=O)NC1=NOC(C)(C)C1. The van der Waals surface area contributed by atoms with Crippen LogP contribution >= 0.6 is 0 Å². The van der Waals surface area contributed by atoms with E-state index < -0.39 is 11.5 Å². The Morgan fingerprint density at radius 1 is 1.83 bits per heavy atom. The van der Waals surface area contributed by atoms with E-state index >= 15 is 0 Å². The number of carbonyl (C=O) groups excluding carboxylic acids is 1. The molecule has 96 valence electrons. The van der Waals surface area contributed by atoms with Crippen LogP contribution in [0.15, 0.2) is 23.0 Å². The Morgan fingerprint density at radius 2 is 2.56 bits per heavy atom. The van der Waals surface area contributed by atoms with Crippen molar-refractivity contribution in [2.45, 2.75) is 25.9 Å². The van der Waals surface area contributed by atoms with Gasteiger partial charge in [-0.05, 0) is 13.8 Å². The smallest absolute Gasteiger partial charge is 0.289 e. The highest BCUT2D eigenvalue weighted by molar-refractivity contribution is 6.47. The lowest BCUT2D eigenvalue weighted by molar-refractivity contribution is -0.113. The molecule has 7 heteroatoms. The van der Waals surface area contributed by atoms with Crippen molar-refractivity contribution in [1.82, 2.24) is 5.32 Å². The van der Waals surface area contributed by atoms with Crippen LogP contribution in [0.1, 0.15) is 20.3 Å². The summed E-state index contributed by atoms with van der Waals surface area (Å²) in [5, 5.41) is 18.3. The molecule has 0 aromatic heterocycles. The first kappa shape index (κ1) is 13.7. The fourth-order valence-corrected chi connectivity index (χ4v) is 1.17. The zero-order chi connectivity index (χ0) is 13.6. The summed E-state index contributed by atoms with van der Waals surface area (Å²) in [5.74, 6) is -0.321. The molecule has 1 N–H and O–H groups in total. The van der Waals surface area contributed by atoms with Gasteiger partial charge in [0, 0.05) is 0 Å². The zero-order valence-electron chi connectivity index (χ0n) is 10.3. The molecule has 1 aliphatic heterocycles. The first-order chi connectivity index (χ1) is 8.48. The molecule has 18 heavy (non-hydrogen) atoms. The van der Waals surface area contributed by atoms with Crippen molar-refractivity contribution in [3.63, 3.8) is 0 Å². The van der Waals surface area contributed by atoms with Crippen molar-refractivity contribution in [2.75, 3.05) is 6.61 Å². The van der Waals surface area contributed by atoms with E-state index in [9.17, 15) is 4.79 Å². The number of amides is 1.